The SMILES string of the molecule is COc1ccc(OCC(O)CN2CCC(C)CC2)c(C(C)(C)C)c1. The highest BCUT2D eigenvalue weighted by molar-refractivity contribution is 5.44. The minimum atomic E-state index is -0.465. The Morgan fingerprint density at radius 1 is 1.25 bits per heavy atom. The number of rotatable bonds is 6. The van der Waals surface area contributed by atoms with Gasteiger partial charge in [0.25, 0.3) is 0 Å². The third kappa shape index (κ3) is 5.38. The van der Waals surface area contributed by atoms with Gasteiger partial charge in [-0.25, -0.2) is 0 Å². The van der Waals surface area contributed by atoms with Crippen molar-refractivity contribution in [1.82, 2.24) is 4.90 Å². The molecule has 1 unspecified atom stereocenters. The van der Waals surface area contributed by atoms with Crippen LogP contribution < -0.4 is 9.47 Å². The Morgan fingerprint density at radius 3 is 2.50 bits per heavy atom. The van der Waals surface area contributed by atoms with Crippen molar-refractivity contribution in [3.8, 4) is 11.5 Å². The fourth-order valence-electron chi connectivity index (χ4n) is 3.13. The molecular formula is C20H33NO3. The van der Waals surface area contributed by atoms with Crippen LogP contribution in [0.4, 0.5) is 0 Å². The van der Waals surface area contributed by atoms with E-state index < -0.39 is 6.10 Å². The molecule has 0 aromatic heterocycles. The van der Waals surface area contributed by atoms with Gasteiger partial charge in [-0.15, -0.1) is 0 Å². The van der Waals surface area contributed by atoms with Gasteiger partial charge in [0.1, 0.15) is 24.2 Å². The number of aliphatic hydroxyl groups excluding tert-OH is 1. The number of hydrogen-bond acceptors (Lipinski definition) is 4. The summed E-state index contributed by atoms with van der Waals surface area (Å²) in [4.78, 5) is 2.34. The molecule has 0 saturated carbocycles. The normalized spacial score (nSPS) is 18.4. The van der Waals surface area contributed by atoms with E-state index >= 15 is 0 Å². The second kappa shape index (κ2) is 8.21. The van der Waals surface area contributed by atoms with Crippen LogP contribution in [0.2, 0.25) is 0 Å². The largest absolute Gasteiger partial charge is 0.497 e. The summed E-state index contributed by atoms with van der Waals surface area (Å²) < 4.78 is 11.3. The molecule has 1 atom stereocenters. The van der Waals surface area contributed by atoms with Crippen LogP contribution in [0.5, 0.6) is 11.5 Å². The molecule has 1 saturated heterocycles. The first kappa shape index (κ1) is 19.1. The van der Waals surface area contributed by atoms with Gasteiger partial charge in [-0.1, -0.05) is 27.7 Å². The molecule has 0 amide bonds. The minimum Gasteiger partial charge on any atom is -0.497 e. The Bertz CT molecular complexity index is 516. The van der Waals surface area contributed by atoms with E-state index in [-0.39, 0.29) is 5.41 Å². The predicted molar refractivity (Wildman–Crippen MR) is 98.0 cm³/mol. The molecule has 1 aromatic rings. The van der Waals surface area contributed by atoms with E-state index in [1.54, 1.807) is 7.11 Å². The maximum atomic E-state index is 10.3. The number of nitrogens with zero attached hydrogens (tertiary/aromatic N) is 1. The Hall–Kier alpha value is -1.26. The lowest BCUT2D eigenvalue weighted by atomic mass is 9.86. The predicted octanol–water partition coefficient (Wildman–Crippen LogP) is 3.46. The number of β-amino-alcohol motifs (C(OH)–C–C–N with tert-alkyl or cyclic N) is 1. The lowest BCUT2D eigenvalue weighted by Gasteiger charge is -2.31. The standard InChI is InChI=1S/C20H33NO3/c1-15-8-10-21(11-9-15)13-16(22)14-24-19-7-6-17(23-5)12-18(19)20(2,3)4/h6-7,12,15-16,22H,8-11,13-14H2,1-5H3. The number of aliphatic hydroxyl groups is 1. The zero-order valence-corrected chi connectivity index (χ0v) is 15.8. The Morgan fingerprint density at radius 2 is 1.92 bits per heavy atom. The highest BCUT2D eigenvalue weighted by Gasteiger charge is 2.22. The molecule has 1 aromatic carbocycles. The number of likely N-dealkylation sites (tertiary alicyclic amines) is 1. The third-order valence-corrected chi connectivity index (χ3v) is 4.77. The fraction of sp³-hybridized carbons (Fsp3) is 0.700. The Balaban J connectivity index is 1.93. The lowest BCUT2D eigenvalue weighted by Crippen LogP contribution is -2.40. The monoisotopic (exact) mass is 335 g/mol. The van der Waals surface area contributed by atoms with Crippen LogP contribution in [-0.4, -0.2) is 49.5 Å². The molecule has 1 aliphatic heterocycles. The molecule has 0 bridgehead atoms. The Kier molecular flexibility index (Phi) is 6.53. The van der Waals surface area contributed by atoms with Gasteiger partial charge in [0.15, 0.2) is 0 Å². The molecule has 1 fully saturated rings. The molecule has 4 heteroatoms. The quantitative estimate of drug-likeness (QED) is 0.864. The topological polar surface area (TPSA) is 41.9 Å². The molecule has 0 spiro atoms. The first-order valence-electron chi connectivity index (χ1n) is 9.01. The fourth-order valence-corrected chi connectivity index (χ4v) is 3.13. The van der Waals surface area contributed by atoms with Crippen LogP contribution in [0.15, 0.2) is 18.2 Å². The van der Waals surface area contributed by atoms with Crippen LogP contribution in [0, 0.1) is 5.92 Å². The molecular weight excluding hydrogens is 302 g/mol. The van der Waals surface area contributed by atoms with Crippen LogP contribution in [-0.2, 0) is 5.41 Å². The van der Waals surface area contributed by atoms with Gasteiger partial charge in [0.05, 0.1) is 7.11 Å². The molecule has 136 valence electrons. The van der Waals surface area contributed by atoms with Gasteiger partial charge < -0.3 is 19.5 Å². The Labute approximate surface area is 146 Å². The van der Waals surface area contributed by atoms with Gasteiger partial charge in [0, 0.05) is 12.1 Å². The van der Waals surface area contributed by atoms with Crippen molar-refractivity contribution in [3.05, 3.63) is 23.8 Å². The first-order chi connectivity index (χ1) is 11.3. The highest BCUT2D eigenvalue weighted by Crippen LogP contribution is 2.34. The average molecular weight is 335 g/mol. The second-order valence-electron chi connectivity index (χ2n) is 8.06. The van der Waals surface area contributed by atoms with Crippen molar-refractivity contribution in [1.29, 1.82) is 0 Å². The number of benzene rings is 1. The maximum Gasteiger partial charge on any atom is 0.123 e. The number of hydrogen-bond donors (Lipinski definition) is 1. The van der Waals surface area contributed by atoms with Crippen LogP contribution in [0.1, 0.15) is 46.1 Å². The molecule has 1 aliphatic rings. The van der Waals surface area contributed by atoms with E-state index in [0.717, 1.165) is 36.1 Å². The van der Waals surface area contributed by atoms with Crippen molar-refractivity contribution in [2.75, 3.05) is 33.4 Å². The molecule has 0 radical (unpaired) electrons. The van der Waals surface area contributed by atoms with Crippen molar-refractivity contribution in [2.24, 2.45) is 5.92 Å². The molecule has 1 N–H and O–H groups in total. The summed E-state index contributed by atoms with van der Waals surface area (Å²) in [6, 6.07) is 5.87. The molecule has 2 rings (SSSR count). The summed E-state index contributed by atoms with van der Waals surface area (Å²) >= 11 is 0. The summed E-state index contributed by atoms with van der Waals surface area (Å²) in [6.45, 7) is 11.9. The molecule has 0 aliphatic carbocycles. The van der Waals surface area contributed by atoms with E-state index in [0.29, 0.717) is 13.2 Å². The van der Waals surface area contributed by atoms with Crippen LogP contribution in [0.3, 0.4) is 0 Å². The number of methoxy groups -OCH3 is 1. The van der Waals surface area contributed by atoms with Gasteiger partial charge in [-0.3, -0.25) is 0 Å². The van der Waals surface area contributed by atoms with E-state index in [1.165, 1.54) is 12.8 Å². The highest BCUT2D eigenvalue weighted by atomic mass is 16.5. The zero-order valence-electron chi connectivity index (χ0n) is 15.8. The number of ether oxygens (including phenoxy) is 2. The maximum absolute atomic E-state index is 10.3. The summed E-state index contributed by atoms with van der Waals surface area (Å²) in [5, 5.41) is 10.3. The minimum absolute atomic E-state index is 0.0438. The third-order valence-electron chi connectivity index (χ3n) is 4.77. The van der Waals surface area contributed by atoms with Crippen molar-refractivity contribution < 1.29 is 14.6 Å². The average Bonchev–Trinajstić information content (AvgIpc) is 2.54. The molecule has 1 heterocycles. The van der Waals surface area contributed by atoms with Crippen LogP contribution in [0.25, 0.3) is 0 Å². The summed E-state index contributed by atoms with van der Waals surface area (Å²) in [7, 11) is 1.67. The summed E-state index contributed by atoms with van der Waals surface area (Å²) in [6.07, 6.45) is 1.98. The summed E-state index contributed by atoms with van der Waals surface area (Å²) in [5.74, 6) is 2.47. The van der Waals surface area contributed by atoms with Crippen molar-refractivity contribution in [2.45, 2.75) is 52.1 Å². The first-order valence-corrected chi connectivity index (χ1v) is 9.01. The van der Waals surface area contributed by atoms with E-state index in [4.69, 9.17) is 9.47 Å². The van der Waals surface area contributed by atoms with Gasteiger partial charge >= 0.3 is 0 Å². The second-order valence-corrected chi connectivity index (χ2v) is 8.06. The van der Waals surface area contributed by atoms with Crippen LogP contribution >= 0.6 is 0 Å². The van der Waals surface area contributed by atoms with Crippen molar-refractivity contribution >= 4 is 0 Å². The number of piperidine rings is 1. The van der Waals surface area contributed by atoms with Gasteiger partial charge in [-0.2, -0.15) is 0 Å². The van der Waals surface area contributed by atoms with Gasteiger partial charge in [-0.05, 0) is 55.5 Å². The van der Waals surface area contributed by atoms with E-state index in [9.17, 15) is 5.11 Å². The van der Waals surface area contributed by atoms with Crippen molar-refractivity contribution in [3.63, 3.8) is 0 Å². The van der Waals surface area contributed by atoms with E-state index in [2.05, 4.69) is 32.6 Å². The molecule has 4 nitrogen and oxygen atoms in total. The summed E-state index contributed by atoms with van der Waals surface area (Å²) in [5.41, 5.74) is 1.05. The van der Waals surface area contributed by atoms with Gasteiger partial charge in [0.2, 0.25) is 0 Å². The smallest absolute Gasteiger partial charge is 0.123 e. The molecule has 24 heavy (non-hydrogen) atoms. The zero-order chi connectivity index (χ0) is 17.7. The lowest BCUT2D eigenvalue weighted by molar-refractivity contribution is 0.0557. The van der Waals surface area contributed by atoms with E-state index in [1.807, 2.05) is 18.2 Å².